The third kappa shape index (κ3) is 5.34. The third-order valence-corrected chi connectivity index (χ3v) is 3.50. The van der Waals surface area contributed by atoms with Gasteiger partial charge in [-0.1, -0.05) is 40.5 Å². The van der Waals surface area contributed by atoms with Crippen LogP contribution in [0, 0.1) is 11.3 Å². The van der Waals surface area contributed by atoms with Crippen LogP contribution in [0.2, 0.25) is 0 Å². The summed E-state index contributed by atoms with van der Waals surface area (Å²) < 4.78 is 0. The van der Waals surface area contributed by atoms with Crippen LogP contribution in [0.3, 0.4) is 0 Å². The molecule has 0 aromatic carbocycles. The van der Waals surface area contributed by atoms with Gasteiger partial charge in [-0.05, 0) is 44.4 Å². The van der Waals surface area contributed by atoms with Crippen molar-refractivity contribution in [3.05, 3.63) is 0 Å². The first-order valence-corrected chi connectivity index (χ1v) is 6.96. The monoisotopic (exact) mass is 225 g/mol. The molecule has 16 heavy (non-hydrogen) atoms. The van der Waals surface area contributed by atoms with Gasteiger partial charge in [0, 0.05) is 11.6 Å². The molecule has 0 aromatic rings. The lowest BCUT2D eigenvalue weighted by Crippen LogP contribution is -2.49. The molecule has 0 heterocycles. The zero-order valence-corrected chi connectivity index (χ0v) is 12.2. The van der Waals surface area contributed by atoms with Crippen LogP contribution in [0.5, 0.6) is 0 Å². The van der Waals surface area contributed by atoms with Crippen LogP contribution < -0.4 is 5.32 Å². The Bertz CT molecular complexity index is 212. The molecular formula is C15H31N. The van der Waals surface area contributed by atoms with Crippen LogP contribution in [0.25, 0.3) is 0 Å². The molecule has 1 nitrogen and oxygen atoms in total. The van der Waals surface area contributed by atoms with Crippen LogP contribution >= 0.6 is 0 Å². The van der Waals surface area contributed by atoms with Gasteiger partial charge in [-0.2, -0.15) is 0 Å². The highest BCUT2D eigenvalue weighted by molar-refractivity contribution is 4.88. The van der Waals surface area contributed by atoms with E-state index < -0.39 is 0 Å². The highest BCUT2D eigenvalue weighted by Crippen LogP contribution is 2.30. The summed E-state index contributed by atoms with van der Waals surface area (Å²) in [5, 5.41) is 3.88. The van der Waals surface area contributed by atoms with Gasteiger partial charge in [0.25, 0.3) is 0 Å². The molecule has 2 atom stereocenters. The van der Waals surface area contributed by atoms with E-state index in [0.29, 0.717) is 5.41 Å². The zero-order chi connectivity index (χ0) is 12.4. The number of hydrogen-bond acceptors (Lipinski definition) is 1. The van der Waals surface area contributed by atoms with Crippen LogP contribution in [0.1, 0.15) is 73.6 Å². The van der Waals surface area contributed by atoms with Crippen molar-refractivity contribution < 1.29 is 0 Å². The van der Waals surface area contributed by atoms with Crippen LogP contribution in [-0.2, 0) is 0 Å². The Labute approximate surface area is 102 Å². The van der Waals surface area contributed by atoms with Crippen LogP contribution in [0.4, 0.5) is 0 Å². The lowest BCUT2D eigenvalue weighted by Gasteiger charge is -2.39. The molecule has 1 aliphatic rings. The van der Waals surface area contributed by atoms with E-state index in [-0.39, 0.29) is 5.54 Å². The summed E-state index contributed by atoms with van der Waals surface area (Å²) in [5.74, 6) is 0.914. The second kappa shape index (κ2) is 5.08. The first-order valence-electron chi connectivity index (χ1n) is 6.96. The van der Waals surface area contributed by atoms with Gasteiger partial charge in [-0.15, -0.1) is 0 Å². The number of nitrogens with one attached hydrogen (secondary N) is 1. The fourth-order valence-corrected chi connectivity index (χ4v) is 3.49. The Morgan fingerprint density at radius 2 is 1.69 bits per heavy atom. The van der Waals surface area contributed by atoms with Gasteiger partial charge < -0.3 is 5.32 Å². The molecule has 2 unspecified atom stereocenters. The van der Waals surface area contributed by atoms with Crippen LogP contribution in [0.15, 0.2) is 0 Å². The molecular weight excluding hydrogens is 194 g/mol. The fraction of sp³-hybridized carbons (Fsp3) is 1.00. The van der Waals surface area contributed by atoms with Gasteiger partial charge >= 0.3 is 0 Å². The molecule has 1 rings (SSSR count). The average Bonchev–Trinajstić information content (AvgIpc) is 1.96. The maximum Gasteiger partial charge on any atom is 0.0132 e. The summed E-state index contributed by atoms with van der Waals surface area (Å²) in [6.07, 6.45) is 6.82. The molecule has 96 valence electrons. The number of hydrogen-bond donors (Lipinski definition) is 1. The van der Waals surface area contributed by atoms with Gasteiger partial charge in [0.05, 0.1) is 0 Å². The standard InChI is InChI=1S/C15H31N/c1-12-8-7-9-13(10-12)16-15(5,6)11-14(2,3)4/h12-13,16H,7-11H2,1-6H3. The highest BCUT2D eigenvalue weighted by Gasteiger charge is 2.29. The largest absolute Gasteiger partial charge is 0.309 e. The predicted octanol–water partition coefficient (Wildman–Crippen LogP) is 4.37. The minimum Gasteiger partial charge on any atom is -0.309 e. The summed E-state index contributed by atoms with van der Waals surface area (Å²) in [4.78, 5) is 0. The maximum atomic E-state index is 3.88. The van der Waals surface area contributed by atoms with E-state index in [9.17, 15) is 0 Å². The highest BCUT2D eigenvalue weighted by atomic mass is 15.0. The first kappa shape index (κ1) is 14.0. The Morgan fingerprint density at radius 1 is 1.06 bits per heavy atom. The van der Waals surface area contributed by atoms with Crippen molar-refractivity contribution in [2.24, 2.45) is 11.3 Å². The minimum absolute atomic E-state index is 0.278. The summed E-state index contributed by atoms with van der Waals surface area (Å²) in [6, 6.07) is 0.751. The van der Waals surface area contributed by atoms with E-state index in [1.807, 2.05) is 0 Å². The van der Waals surface area contributed by atoms with Crippen molar-refractivity contribution in [2.75, 3.05) is 0 Å². The van der Waals surface area contributed by atoms with Crippen molar-refractivity contribution in [2.45, 2.75) is 85.2 Å². The molecule has 1 fully saturated rings. The van der Waals surface area contributed by atoms with Crippen molar-refractivity contribution in [3.8, 4) is 0 Å². The Balaban J connectivity index is 2.45. The predicted molar refractivity (Wildman–Crippen MR) is 72.7 cm³/mol. The molecule has 1 saturated carbocycles. The second-order valence-electron chi connectivity index (χ2n) is 7.73. The number of rotatable bonds is 3. The molecule has 1 N–H and O–H groups in total. The summed E-state index contributed by atoms with van der Waals surface area (Å²) >= 11 is 0. The third-order valence-electron chi connectivity index (χ3n) is 3.50. The van der Waals surface area contributed by atoms with Crippen molar-refractivity contribution in [1.29, 1.82) is 0 Å². The van der Waals surface area contributed by atoms with Crippen molar-refractivity contribution in [1.82, 2.24) is 5.32 Å². The summed E-state index contributed by atoms with van der Waals surface area (Å²) in [6.45, 7) is 14.1. The molecule has 1 aliphatic carbocycles. The van der Waals surface area contributed by atoms with E-state index in [4.69, 9.17) is 0 Å². The van der Waals surface area contributed by atoms with Gasteiger partial charge in [-0.3, -0.25) is 0 Å². The Hall–Kier alpha value is -0.0400. The lowest BCUT2D eigenvalue weighted by atomic mass is 9.79. The second-order valence-corrected chi connectivity index (χ2v) is 7.73. The molecule has 0 spiro atoms. The van der Waals surface area contributed by atoms with Crippen molar-refractivity contribution in [3.63, 3.8) is 0 Å². The zero-order valence-electron chi connectivity index (χ0n) is 12.2. The summed E-state index contributed by atoms with van der Waals surface area (Å²) in [5.41, 5.74) is 0.691. The molecule has 0 radical (unpaired) electrons. The average molecular weight is 225 g/mol. The smallest absolute Gasteiger partial charge is 0.0132 e. The maximum absolute atomic E-state index is 3.88. The quantitative estimate of drug-likeness (QED) is 0.752. The van der Waals surface area contributed by atoms with E-state index in [1.165, 1.54) is 32.1 Å². The SMILES string of the molecule is CC1CCCC(NC(C)(C)CC(C)(C)C)C1. The van der Waals surface area contributed by atoms with Gasteiger partial charge in [0.2, 0.25) is 0 Å². The fourth-order valence-electron chi connectivity index (χ4n) is 3.49. The topological polar surface area (TPSA) is 12.0 Å². The molecule has 0 bridgehead atoms. The Morgan fingerprint density at radius 3 is 2.19 bits per heavy atom. The van der Waals surface area contributed by atoms with Crippen molar-refractivity contribution >= 4 is 0 Å². The van der Waals surface area contributed by atoms with E-state index in [1.54, 1.807) is 0 Å². The summed E-state index contributed by atoms with van der Waals surface area (Å²) in [7, 11) is 0. The van der Waals surface area contributed by atoms with E-state index >= 15 is 0 Å². The molecule has 0 aliphatic heterocycles. The van der Waals surface area contributed by atoms with Gasteiger partial charge in [0.15, 0.2) is 0 Å². The minimum atomic E-state index is 0.278. The van der Waals surface area contributed by atoms with E-state index in [0.717, 1.165) is 12.0 Å². The Kier molecular flexibility index (Phi) is 4.45. The first-order chi connectivity index (χ1) is 7.18. The molecule has 0 aromatic heterocycles. The lowest BCUT2D eigenvalue weighted by molar-refractivity contribution is 0.190. The normalized spacial score (nSPS) is 28.1. The van der Waals surface area contributed by atoms with Gasteiger partial charge in [0.1, 0.15) is 0 Å². The van der Waals surface area contributed by atoms with E-state index in [2.05, 4.69) is 46.9 Å². The molecule has 0 amide bonds. The molecule has 1 heteroatoms. The van der Waals surface area contributed by atoms with Crippen LogP contribution in [-0.4, -0.2) is 11.6 Å². The van der Waals surface area contributed by atoms with Gasteiger partial charge in [-0.25, -0.2) is 0 Å². The molecule has 0 saturated heterocycles.